The van der Waals surface area contributed by atoms with Crippen molar-refractivity contribution in [1.29, 1.82) is 0 Å². The molecule has 1 aliphatic rings. The van der Waals surface area contributed by atoms with Crippen LogP contribution in [0.5, 0.6) is 0 Å². The van der Waals surface area contributed by atoms with Gasteiger partial charge in [0.25, 0.3) is 5.91 Å². The fourth-order valence-electron chi connectivity index (χ4n) is 3.05. The quantitative estimate of drug-likeness (QED) is 0.586. The maximum absolute atomic E-state index is 13.1. The summed E-state index contributed by atoms with van der Waals surface area (Å²) in [5.74, 6) is 0.599. The molecule has 0 spiro atoms. The predicted molar refractivity (Wildman–Crippen MR) is 104 cm³/mol. The van der Waals surface area contributed by atoms with Crippen LogP contribution in [0.25, 0.3) is 0 Å². The number of rotatable bonds is 3. The molecule has 0 bridgehead atoms. The van der Waals surface area contributed by atoms with Gasteiger partial charge in [-0.05, 0) is 48.9 Å². The molecule has 1 amide bonds. The Hall–Kier alpha value is -2.66. The SMILES string of the molecule is Cc1ccc(C2=NN(C(=O)c3ccc(Br)cc3)C(c3ccco3)C2)cc1. The Morgan fingerprint density at radius 1 is 1.12 bits per heavy atom. The van der Waals surface area contributed by atoms with Gasteiger partial charge < -0.3 is 4.42 Å². The fourth-order valence-corrected chi connectivity index (χ4v) is 3.31. The van der Waals surface area contributed by atoms with Gasteiger partial charge in [0.05, 0.1) is 12.0 Å². The summed E-state index contributed by atoms with van der Waals surface area (Å²) >= 11 is 3.40. The van der Waals surface area contributed by atoms with Gasteiger partial charge in [0, 0.05) is 16.5 Å². The zero-order valence-corrected chi connectivity index (χ0v) is 15.8. The van der Waals surface area contributed by atoms with E-state index in [2.05, 4.69) is 40.1 Å². The van der Waals surface area contributed by atoms with Gasteiger partial charge >= 0.3 is 0 Å². The molecular formula is C21H17BrN2O2. The van der Waals surface area contributed by atoms with E-state index in [9.17, 15) is 4.79 Å². The minimum absolute atomic E-state index is 0.138. The van der Waals surface area contributed by atoms with E-state index >= 15 is 0 Å². The van der Waals surface area contributed by atoms with Gasteiger partial charge in [-0.15, -0.1) is 0 Å². The van der Waals surface area contributed by atoms with Crippen molar-refractivity contribution < 1.29 is 9.21 Å². The molecule has 2 aromatic carbocycles. The standard InChI is InChI=1S/C21H17BrN2O2/c1-14-4-6-15(7-5-14)18-13-19(20-3-2-12-26-20)24(23-18)21(25)16-8-10-17(22)11-9-16/h2-12,19H,13H2,1H3. The average Bonchev–Trinajstić information content (AvgIpc) is 3.32. The Bertz CT molecular complexity index is 945. The maximum atomic E-state index is 13.1. The van der Waals surface area contributed by atoms with Crippen molar-refractivity contribution in [3.8, 4) is 0 Å². The molecule has 0 saturated heterocycles. The molecular weight excluding hydrogens is 392 g/mol. The highest BCUT2D eigenvalue weighted by Gasteiger charge is 2.35. The number of aryl methyl sites for hydroxylation is 1. The van der Waals surface area contributed by atoms with Crippen molar-refractivity contribution in [3.05, 3.63) is 93.9 Å². The number of hydrogen-bond donors (Lipinski definition) is 0. The first-order chi connectivity index (χ1) is 12.6. The topological polar surface area (TPSA) is 45.8 Å². The maximum Gasteiger partial charge on any atom is 0.274 e. The molecule has 1 aromatic heterocycles. The Labute approximate surface area is 160 Å². The number of carbonyl (C=O) groups is 1. The smallest absolute Gasteiger partial charge is 0.274 e. The largest absolute Gasteiger partial charge is 0.467 e. The second kappa shape index (κ2) is 6.92. The van der Waals surface area contributed by atoms with Gasteiger partial charge in [-0.2, -0.15) is 5.10 Å². The van der Waals surface area contributed by atoms with Gasteiger partial charge in [-0.3, -0.25) is 4.79 Å². The van der Waals surface area contributed by atoms with Crippen LogP contribution in [0, 0.1) is 6.92 Å². The number of benzene rings is 2. The summed E-state index contributed by atoms with van der Waals surface area (Å²) in [6.07, 6.45) is 2.25. The number of nitrogens with zero attached hydrogens (tertiary/aromatic N) is 2. The lowest BCUT2D eigenvalue weighted by molar-refractivity contribution is 0.0693. The third kappa shape index (κ3) is 3.22. The van der Waals surface area contributed by atoms with Crippen molar-refractivity contribution >= 4 is 27.5 Å². The lowest BCUT2D eigenvalue weighted by atomic mass is 10.0. The van der Waals surface area contributed by atoms with Gasteiger partial charge in [0.2, 0.25) is 0 Å². The minimum Gasteiger partial charge on any atom is -0.467 e. The van der Waals surface area contributed by atoms with Crippen LogP contribution in [0.15, 0.2) is 80.9 Å². The number of halogens is 1. The van der Waals surface area contributed by atoms with Gasteiger partial charge in [-0.25, -0.2) is 5.01 Å². The first kappa shape index (κ1) is 16.8. The lowest BCUT2D eigenvalue weighted by Crippen LogP contribution is -2.26. The van der Waals surface area contributed by atoms with E-state index in [1.807, 2.05) is 36.4 Å². The zero-order chi connectivity index (χ0) is 18.1. The summed E-state index contributed by atoms with van der Waals surface area (Å²) in [6.45, 7) is 2.05. The van der Waals surface area contributed by atoms with E-state index in [0.29, 0.717) is 12.0 Å². The van der Waals surface area contributed by atoms with Crippen LogP contribution in [-0.4, -0.2) is 16.6 Å². The molecule has 1 unspecified atom stereocenters. The molecule has 0 aliphatic carbocycles. The molecule has 130 valence electrons. The van der Waals surface area contributed by atoms with Crippen LogP contribution in [0.1, 0.15) is 39.7 Å². The second-order valence-corrected chi connectivity index (χ2v) is 7.22. The molecule has 5 heteroatoms. The van der Waals surface area contributed by atoms with E-state index < -0.39 is 0 Å². The van der Waals surface area contributed by atoms with E-state index in [1.165, 1.54) is 10.6 Å². The van der Waals surface area contributed by atoms with Crippen molar-refractivity contribution in [3.63, 3.8) is 0 Å². The van der Waals surface area contributed by atoms with E-state index in [-0.39, 0.29) is 11.9 Å². The summed E-state index contributed by atoms with van der Waals surface area (Å²) in [5.41, 5.74) is 3.70. The Morgan fingerprint density at radius 2 is 1.85 bits per heavy atom. The molecule has 0 saturated carbocycles. The molecule has 3 aromatic rings. The number of hydrazone groups is 1. The van der Waals surface area contributed by atoms with Crippen LogP contribution in [0.3, 0.4) is 0 Å². The van der Waals surface area contributed by atoms with Crippen LogP contribution >= 0.6 is 15.9 Å². The Morgan fingerprint density at radius 3 is 2.50 bits per heavy atom. The van der Waals surface area contributed by atoms with Crippen molar-refractivity contribution in [2.24, 2.45) is 5.10 Å². The average molecular weight is 409 g/mol. The van der Waals surface area contributed by atoms with E-state index in [0.717, 1.165) is 21.5 Å². The molecule has 1 atom stereocenters. The number of amides is 1. The molecule has 26 heavy (non-hydrogen) atoms. The molecule has 0 radical (unpaired) electrons. The van der Waals surface area contributed by atoms with Crippen molar-refractivity contribution in [2.45, 2.75) is 19.4 Å². The minimum atomic E-state index is -0.238. The molecule has 2 heterocycles. The highest BCUT2D eigenvalue weighted by molar-refractivity contribution is 9.10. The highest BCUT2D eigenvalue weighted by atomic mass is 79.9. The van der Waals surface area contributed by atoms with Crippen LogP contribution < -0.4 is 0 Å². The van der Waals surface area contributed by atoms with Crippen LogP contribution in [0.2, 0.25) is 0 Å². The first-order valence-corrected chi connectivity index (χ1v) is 9.18. The Kier molecular flexibility index (Phi) is 4.47. The molecule has 1 aliphatic heterocycles. The summed E-state index contributed by atoms with van der Waals surface area (Å²) < 4.78 is 6.51. The molecule has 4 nitrogen and oxygen atoms in total. The van der Waals surface area contributed by atoms with Crippen LogP contribution in [-0.2, 0) is 0 Å². The lowest BCUT2D eigenvalue weighted by Gasteiger charge is -2.19. The van der Waals surface area contributed by atoms with Crippen molar-refractivity contribution in [2.75, 3.05) is 0 Å². The highest BCUT2D eigenvalue weighted by Crippen LogP contribution is 2.34. The third-order valence-electron chi connectivity index (χ3n) is 4.47. The van der Waals surface area contributed by atoms with Crippen molar-refractivity contribution in [1.82, 2.24) is 5.01 Å². The normalized spacial score (nSPS) is 16.6. The number of hydrogen-bond acceptors (Lipinski definition) is 3. The summed E-state index contributed by atoms with van der Waals surface area (Å²) in [4.78, 5) is 13.1. The monoisotopic (exact) mass is 408 g/mol. The Balaban J connectivity index is 1.70. The van der Waals surface area contributed by atoms with E-state index in [4.69, 9.17) is 4.42 Å². The summed E-state index contributed by atoms with van der Waals surface area (Å²) in [6, 6.07) is 19.0. The molecule has 4 rings (SSSR count). The number of carbonyl (C=O) groups excluding carboxylic acids is 1. The third-order valence-corrected chi connectivity index (χ3v) is 4.99. The fraction of sp³-hybridized carbons (Fsp3) is 0.143. The molecule has 0 fully saturated rings. The van der Waals surface area contributed by atoms with Gasteiger partial charge in [0.1, 0.15) is 11.8 Å². The summed E-state index contributed by atoms with van der Waals surface area (Å²) in [7, 11) is 0. The predicted octanol–water partition coefficient (Wildman–Crippen LogP) is 5.34. The summed E-state index contributed by atoms with van der Waals surface area (Å²) in [5, 5.41) is 6.19. The first-order valence-electron chi connectivity index (χ1n) is 8.39. The molecule has 0 N–H and O–H groups in total. The van der Waals surface area contributed by atoms with Gasteiger partial charge in [-0.1, -0.05) is 45.8 Å². The van der Waals surface area contributed by atoms with Gasteiger partial charge in [0.15, 0.2) is 0 Å². The van der Waals surface area contributed by atoms with Crippen LogP contribution in [0.4, 0.5) is 0 Å². The van der Waals surface area contributed by atoms with E-state index in [1.54, 1.807) is 18.4 Å². The second-order valence-electron chi connectivity index (χ2n) is 6.30. The number of furan rings is 1. The zero-order valence-electron chi connectivity index (χ0n) is 14.2.